The minimum atomic E-state index is -0.207. The van der Waals surface area contributed by atoms with E-state index in [0.717, 1.165) is 0 Å². The van der Waals surface area contributed by atoms with Gasteiger partial charge in [0, 0.05) is 31.9 Å². The van der Waals surface area contributed by atoms with E-state index in [9.17, 15) is 9.59 Å². The molecular weight excluding hydrogens is 244 g/mol. The summed E-state index contributed by atoms with van der Waals surface area (Å²) in [6.07, 6.45) is 3.16. The molecule has 0 saturated carbocycles. The molecule has 0 aliphatic rings. The van der Waals surface area contributed by atoms with Gasteiger partial charge in [-0.15, -0.1) is 0 Å². The smallest absolute Gasteiger partial charge is 0.254 e. The van der Waals surface area contributed by atoms with Crippen molar-refractivity contribution in [2.45, 2.75) is 13.0 Å². The maximum Gasteiger partial charge on any atom is 0.254 e. The molecule has 100 valence electrons. The lowest BCUT2D eigenvalue weighted by Crippen LogP contribution is -2.30. The Balaban J connectivity index is 2.23. The number of amides is 1. The normalized spacial score (nSPS) is 12.2. The summed E-state index contributed by atoms with van der Waals surface area (Å²) in [6.45, 7) is 1.87. The van der Waals surface area contributed by atoms with Crippen LogP contribution in [0.3, 0.4) is 0 Å². The zero-order valence-corrected chi connectivity index (χ0v) is 11.2. The van der Waals surface area contributed by atoms with E-state index >= 15 is 0 Å². The molecule has 2 rings (SSSR count). The quantitative estimate of drug-likeness (QED) is 0.845. The second-order valence-electron chi connectivity index (χ2n) is 4.47. The van der Waals surface area contributed by atoms with E-state index in [1.54, 1.807) is 43.6 Å². The molecule has 19 heavy (non-hydrogen) atoms. The van der Waals surface area contributed by atoms with Gasteiger partial charge < -0.3 is 13.9 Å². The average molecular weight is 260 g/mol. The number of carbonyl (C=O) groups excluding carboxylic acids is 1. The SMILES string of the molecule is CC(c1ccco1)N(C)C(=O)c1ccn(C)c(=O)c1. The van der Waals surface area contributed by atoms with Crippen LogP contribution in [0, 0.1) is 0 Å². The number of hydrogen-bond acceptors (Lipinski definition) is 3. The Labute approximate surface area is 111 Å². The van der Waals surface area contributed by atoms with Crippen molar-refractivity contribution in [1.82, 2.24) is 9.47 Å². The molecule has 2 aromatic heterocycles. The van der Waals surface area contributed by atoms with Gasteiger partial charge in [0.1, 0.15) is 5.76 Å². The average Bonchev–Trinajstić information content (AvgIpc) is 2.93. The molecule has 0 aliphatic carbocycles. The molecule has 0 aromatic carbocycles. The van der Waals surface area contributed by atoms with E-state index in [2.05, 4.69) is 0 Å². The highest BCUT2D eigenvalue weighted by molar-refractivity contribution is 5.94. The van der Waals surface area contributed by atoms with Gasteiger partial charge in [-0.05, 0) is 25.1 Å². The molecule has 1 unspecified atom stereocenters. The molecule has 5 heteroatoms. The monoisotopic (exact) mass is 260 g/mol. The molecule has 0 spiro atoms. The Morgan fingerprint density at radius 3 is 2.74 bits per heavy atom. The van der Waals surface area contributed by atoms with Crippen molar-refractivity contribution in [1.29, 1.82) is 0 Å². The van der Waals surface area contributed by atoms with Crippen molar-refractivity contribution < 1.29 is 9.21 Å². The number of pyridine rings is 1. The lowest BCUT2D eigenvalue weighted by Gasteiger charge is -2.23. The maximum absolute atomic E-state index is 12.3. The molecule has 0 aliphatic heterocycles. The fourth-order valence-electron chi connectivity index (χ4n) is 1.78. The zero-order valence-electron chi connectivity index (χ0n) is 11.2. The van der Waals surface area contributed by atoms with Gasteiger partial charge in [0.2, 0.25) is 0 Å². The molecule has 1 amide bonds. The van der Waals surface area contributed by atoms with Crippen molar-refractivity contribution in [3.05, 3.63) is 58.4 Å². The van der Waals surface area contributed by atoms with Gasteiger partial charge in [0.05, 0.1) is 12.3 Å². The molecule has 0 fully saturated rings. The van der Waals surface area contributed by atoms with Crippen LogP contribution in [0.15, 0.2) is 45.9 Å². The van der Waals surface area contributed by atoms with Gasteiger partial charge in [-0.1, -0.05) is 0 Å². The first-order valence-electron chi connectivity index (χ1n) is 5.98. The number of aryl methyl sites for hydroxylation is 1. The van der Waals surface area contributed by atoms with Crippen LogP contribution in [0.4, 0.5) is 0 Å². The highest BCUT2D eigenvalue weighted by atomic mass is 16.3. The predicted octanol–water partition coefficient (Wildman–Crippen LogP) is 1.81. The van der Waals surface area contributed by atoms with E-state index in [0.29, 0.717) is 11.3 Å². The number of rotatable bonds is 3. The highest BCUT2D eigenvalue weighted by Crippen LogP contribution is 2.20. The predicted molar refractivity (Wildman–Crippen MR) is 70.9 cm³/mol. The summed E-state index contributed by atoms with van der Waals surface area (Å²) < 4.78 is 6.71. The summed E-state index contributed by atoms with van der Waals surface area (Å²) in [6, 6.07) is 6.38. The van der Waals surface area contributed by atoms with Crippen LogP contribution in [0.25, 0.3) is 0 Å². The van der Waals surface area contributed by atoms with Crippen molar-refractivity contribution >= 4 is 5.91 Å². The van der Waals surface area contributed by atoms with Gasteiger partial charge in [-0.25, -0.2) is 0 Å². The standard InChI is InChI=1S/C14H16N2O3/c1-10(12-5-4-8-19-12)16(3)14(18)11-6-7-15(2)13(17)9-11/h4-10H,1-3H3. The van der Waals surface area contributed by atoms with Crippen LogP contribution in [0.5, 0.6) is 0 Å². The van der Waals surface area contributed by atoms with Crippen LogP contribution in [0.2, 0.25) is 0 Å². The van der Waals surface area contributed by atoms with Crippen LogP contribution < -0.4 is 5.56 Å². The summed E-state index contributed by atoms with van der Waals surface area (Å²) in [7, 11) is 3.33. The third-order valence-electron chi connectivity index (χ3n) is 3.21. The van der Waals surface area contributed by atoms with E-state index in [1.165, 1.54) is 10.6 Å². The summed E-state index contributed by atoms with van der Waals surface area (Å²) in [5.41, 5.74) is 0.175. The lowest BCUT2D eigenvalue weighted by molar-refractivity contribution is 0.0726. The van der Waals surface area contributed by atoms with Gasteiger partial charge >= 0.3 is 0 Å². The molecule has 5 nitrogen and oxygen atoms in total. The van der Waals surface area contributed by atoms with Gasteiger partial charge in [0.15, 0.2) is 0 Å². The summed E-state index contributed by atoms with van der Waals surface area (Å²) in [5.74, 6) is 0.501. The highest BCUT2D eigenvalue weighted by Gasteiger charge is 2.20. The first-order chi connectivity index (χ1) is 9.00. The number of carbonyl (C=O) groups is 1. The van der Waals surface area contributed by atoms with Crippen LogP contribution in [-0.4, -0.2) is 22.4 Å². The van der Waals surface area contributed by atoms with Crippen molar-refractivity contribution in [2.24, 2.45) is 7.05 Å². The van der Waals surface area contributed by atoms with Crippen molar-refractivity contribution in [3.63, 3.8) is 0 Å². The molecule has 0 N–H and O–H groups in total. The molecule has 0 bridgehead atoms. The Morgan fingerprint density at radius 2 is 2.16 bits per heavy atom. The van der Waals surface area contributed by atoms with Gasteiger partial charge in [-0.3, -0.25) is 9.59 Å². The lowest BCUT2D eigenvalue weighted by atomic mass is 10.2. The number of aromatic nitrogens is 1. The minimum absolute atomic E-state index is 0.188. The molecule has 2 aromatic rings. The van der Waals surface area contributed by atoms with Crippen LogP contribution in [0.1, 0.15) is 29.1 Å². The topological polar surface area (TPSA) is 55.5 Å². The molecule has 0 saturated heterocycles. The van der Waals surface area contributed by atoms with Gasteiger partial charge in [0.25, 0.3) is 11.5 Å². The van der Waals surface area contributed by atoms with Gasteiger partial charge in [-0.2, -0.15) is 0 Å². The third-order valence-corrected chi connectivity index (χ3v) is 3.21. The number of nitrogens with zero attached hydrogens (tertiary/aromatic N) is 2. The Kier molecular flexibility index (Phi) is 3.55. The van der Waals surface area contributed by atoms with Crippen LogP contribution in [-0.2, 0) is 7.05 Å². The first kappa shape index (κ1) is 13.1. The third kappa shape index (κ3) is 2.59. The van der Waals surface area contributed by atoms with E-state index in [4.69, 9.17) is 4.42 Å². The van der Waals surface area contributed by atoms with E-state index in [1.807, 2.05) is 13.0 Å². The molecular formula is C14H16N2O3. The molecule has 2 heterocycles. The second-order valence-corrected chi connectivity index (χ2v) is 4.47. The fraction of sp³-hybridized carbons (Fsp3) is 0.286. The second kappa shape index (κ2) is 5.14. The van der Waals surface area contributed by atoms with Crippen molar-refractivity contribution in [2.75, 3.05) is 7.05 Å². The molecule has 1 atom stereocenters. The molecule has 0 radical (unpaired) electrons. The van der Waals surface area contributed by atoms with E-state index < -0.39 is 0 Å². The summed E-state index contributed by atoms with van der Waals surface area (Å²) in [4.78, 5) is 25.4. The largest absolute Gasteiger partial charge is 0.467 e. The number of furan rings is 1. The number of hydrogen-bond donors (Lipinski definition) is 0. The Morgan fingerprint density at radius 1 is 1.42 bits per heavy atom. The first-order valence-corrected chi connectivity index (χ1v) is 5.98. The fourth-order valence-corrected chi connectivity index (χ4v) is 1.78. The van der Waals surface area contributed by atoms with E-state index in [-0.39, 0.29) is 17.5 Å². The van der Waals surface area contributed by atoms with Crippen LogP contribution >= 0.6 is 0 Å². The minimum Gasteiger partial charge on any atom is -0.467 e. The van der Waals surface area contributed by atoms with Crippen molar-refractivity contribution in [3.8, 4) is 0 Å². The summed E-state index contributed by atoms with van der Waals surface area (Å²) in [5, 5.41) is 0. The summed E-state index contributed by atoms with van der Waals surface area (Å²) >= 11 is 0. The Bertz CT molecular complexity index is 628. The zero-order chi connectivity index (χ0) is 14.0. The maximum atomic E-state index is 12.3. The Hall–Kier alpha value is -2.30.